The molecule has 1 atom stereocenters. The van der Waals surface area contributed by atoms with Gasteiger partial charge in [0.2, 0.25) is 5.88 Å². The van der Waals surface area contributed by atoms with Crippen molar-refractivity contribution in [3.8, 4) is 11.9 Å². The van der Waals surface area contributed by atoms with Gasteiger partial charge in [0.25, 0.3) is 0 Å². The summed E-state index contributed by atoms with van der Waals surface area (Å²) >= 11 is 0. The maximum Gasteiger partial charge on any atom is 0.212 e. The minimum absolute atomic E-state index is 0.207. The molecule has 1 heterocycles. The maximum atomic E-state index is 12.5. The van der Waals surface area contributed by atoms with Gasteiger partial charge in [-0.15, -0.1) is 0 Å². The molecule has 0 radical (unpaired) electrons. The van der Waals surface area contributed by atoms with Crippen LogP contribution >= 0.6 is 0 Å². The molecule has 1 aromatic carbocycles. The molecule has 2 aromatic rings. The fourth-order valence-electron chi connectivity index (χ4n) is 2.34. The second kappa shape index (κ2) is 8.02. The van der Waals surface area contributed by atoms with Gasteiger partial charge in [-0.2, -0.15) is 5.26 Å². The molecule has 5 heteroatoms. The number of hydrogen-bond acceptors (Lipinski definition) is 5. The smallest absolute Gasteiger partial charge is 0.212 e. The number of pyridine rings is 1. The first-order valence-electron chi connectivity index (χ1n) is 7.67. The number of Topliss-reactive ketones (excluding diaryl/α,β-unsaturated/α-hetero) is 2. The van der Waals surface area contributed by atoms with Crippen molar-refractivity contribution in [2.24, 2.45) is 5.92 Å². The molecule has 0 saturated carbocycles. The number of aromatic nitrogens is 1. The van der Waals surface area contributed by atoms with E-state index in [9.17, 15) is 14.9 Å². The number of nitrogens with zero attached hydrogens (tertiary/aromatic N) is 2. The Morgan fingerprint density at radius 3 is 2.25 bits per heavy atom. The van der Waals surface area contributed by atoms with Crippen molar-refractivity contribution in [2.75, 3.05) is 7.11 Å². The van der Waals surface area contributed by atoms with Crippen LogP contribution in [0.15, 0.2) is 42.6 Å². The largest absolute Gasteiger partial charge is 0.481 e. The van der Waals surface area contributed by atoms with Crippen LogP contribution in [0.3, 0.4) is 0 Å². The number of hydrogen-bond donors (Lipinski definition) is 0. The predicted molar refractivity (Wildman–Crippen MR) is 89.0 cm³/mol. The number of nitriles is 1. The summed E-state index contributed by atoms with van der Waals surface area (Å²) in [5, 5.41) is 9.29. The minimum Gasteiger partial charge on any atom is -0.481 e. The summed E-state index contributed by atoms with van der Waals surface area (Å²) in [6.45, 7) is 2.08. The highest BCUT2D eigenvalue weighted by molar-refractivity contribution is 6.17. The molecular formula is C19H18N2O3. The Balaban J connectivity index is 2.21. The zero-order valence-corrected chi connectivity index (χ0v) is 13.7. The van der Waals surface area contributed by atoms with Gasteiger partial charge in [-0.3, -0.25) is 9.59 Å². The van der Waals surface area contributed by atoms with E-state index in [2.05, 4.69) is 11.9 Å². The molecule has 24 heavy (non-hydrogen) atoms. The molecule has 0 saturated heterocycles. The SMILES string of the molecule is CCCc1ccc(C(=O)[C@@H](C#N)C(=O)c2ccc(OC)nc2)cc1. The molecular weight excluding hydrogens is 304 g/mol. The molecule has 122 valence electrons. The third-order valence-electron chi connectivity index (χ3n) is 3.66. The second-order valence-electron chi connectivity index (χ2n) is 5.33. The Bertz CT molecular complexity index is 759. The van der Waals surface area contributed by atoms with Gasteiger partial charge in [-0.1, -0.05) is 37.6 Å². The molecule has 0 unspecified atom stereocenters. The summed E-state index contributed by atoms with van der Waals surface area (Å²) in [4.78, 5) is 28.9. The number of ether oxygens (including phenoxy) is 1. The Morgan fingerprint density at radius 1 is 1.12 bits per heavy atom. The van der Waals surface area contributed by atoms with E-state index in [1.54, 1.807) is 12.1 Å². The number of rotatable bonds is 7. The number of carbonyl (C=O) groups excluding carboxylic acids is 2. The van der Waals surface area contributed by atoms with Gasteiger partial charge in [-0.05, 0) is 18.1 Å². The summed E-state index contributed by atoms with van der Waals surface area (Å²) in [6.07, 6.45) is 3.24. The normalized spacial score (nSPS) is 11.4. The summed E-state index contributed by atoms with van der Waals surface area (Å²) in [7, 11) is 1.47. The lowest BCUT2D eigenvalue weighted by Crippen LogP contribution is -2.23. The Hall–Kier alpha value is -3.00. The summed E-state index contributed by atoms with van der Waals surface area (Å²) < 4.78 is 4.93. The van der Waals surface area contributed by atoms with Gasteiger partial charge in [0.05, 0.1) is 13.2 Å². The molecule has 5 nitrogen and oxygen atoms in total. The third-order valence-corrected chi connectivity index (χ3v) is 3.66. The van der Waals surface area contributed by atoms with Crippen LogP contribution in [-0.4, -0.2) is 23.7 Å². The lowest BCUT2D eigenvalue weighted by Gasteiger charge is -2.08. The zero-order chi connectivity index (χ0) is 17.5. The maximum absolute atomic E-state index is 12.5. The average molecular weight is 322 g/mol. The lowest BCUT2D eigenvalue weighted by molar-refractivity contribution is 0.0845. The van der Waals surface area contributed by atoms with Crippen LogP contribution in [0.1, 0.15) is 39.6 Å². The highest BCUT2D eigenvalue weighted by Crippen LogP contribution is 2.17. The molecule has 0 bridgehead atoms. The van der Waals surface area contributed by atoms with E-state index in [1.807, 2.05) is 18.2 Å². The fourth-order valence-corrected chi connectivity index (χ4v) is 2.34. The van der Waals surface area contributed by atoms with E-state index in [1.165, 1.54) is 25.4 Å². The Morgan fingerprint density at radius 2 is 1.75 bits per heavy atom. The number of carbonyl (C=O) groups is 2. The number of benzene rings is 1. The average Bonchev–Trinajstić information content (AvgIpc) is 2.63. The lowest BCUT2D eigenvalue weighted by atomic mass is 9.91. The van der Waals surface area contributed by atoms with Crippen molar-refractivity contribution < 1.29 is 14.3 Å². The van der Waals surface area contributed by atoms with Gasteiger partial charge in [-0.25, -0.2) is 4.98 Å². The van der Waals surface area contributed by atoms with Crippen molar-refractivity contribution in [3.63, 3.8) is 0 Å². The first-order valence-corrected chi connectivity index (χ1v) is 7.67. The van der Waals surface area contributed by atoms with E-state index in [4.69, 9.17) is 4.74 Å². The topological polar surface area (TPSA) is 80.0 Å². The molecule has 1 aromatic heterocycles. The molecule has 0 fully saturated rings. The Kier molecular flexibility index (Phi) is 5.80. The zero-order valence-electron chi connectivity index (χ0n) is 13.7. The quantitative estimate of drug-likeness (QED) is 0.577. The standard InChI is InChI=1S/C19H18N2O3/c1-3-4-13-5-7-14(8-6-13)18(22)16(11-20)19(23)15-9-10-17(24-2)21-12-15/h5-10,12,16H,3-4H2,1-2H3/t16-/m1/s1. The molecule has 2 rings (SSSR count). The monoisotopic (exact) mass is 322 g/mol. The van der Waals surface area contributed by atoms with E-state index in [-0.39, 0.29) is 5.56 Å². The van der Waals surface area contributed by atoms with Gasteiger partial charge in [0, 0.05) is 23.4 Å². The first kappa shape index (κ1) is 17.4. The van der Waals surface area contributed by atoms with E-state index < -0.39 is 17.5 Å². The number of aryl methyl sites for hydroxylation is 1. The van der Waals surface area contributed by atoms with Crippen molar-refractivity contribution in [2.45, 2.75) is 19.8 Å². The minimum atomic E-state index is -1.38. The van der Waals surface area contributed by atoms with Crippen molar-refractivity contribution in [1.29, 1.82) is 5.26 Å². The number of ketones is 2. The van der Waals surface area contributed by atoms with Crippen LogP contribution in [0.4, 0.5) is 0 Å². The van der Waals surface area contributed by atoms with Gasteiger partial charge >= 0.3 is 0 Å². The van der Waals surface area contributed by atoms with Crippen molar-refractivity contribution in [3.05, 3.63) is 59.3 Å². The van der Waals surface area contributed by atoms with Crippen molar-refractivity contribution in [1.82, 2.24) is 4.98 Å². The van der Waals surface area contributed by atoms with Crippen LogP contribution in [0.5, 0.6) is 5.88 Å². The van der Waals surface area contributed by atoms with Crippen LogP contribution in [0.25, 0.3) is 0 Å². The van der Waals surface area contributed by atoms with Crippen LogP contribution in [-0.2, 0) is 6.42 Å². The molecule has 0 aliphatic rings. The summed E-state index contributed by atoms with van der Waals surface area (Å²) in [5.74, 6) is -2.08. The molecule has 0 spiro atoms. The number of methoxy groups -OCH3 is 1. The summed E-state index contributed by atoms with van der Waals surface area (Å²) in [6, 6.07) is 11.9. The van der Waals surface area contributed by atoms with E-state index in [0.717, 1.165) is 18.4 Å². The van der Waals surface area contributed by atoms with Gasteiger partial charge in [0.15, 0.2) is 17.5 Å². The highest BCUT2D eigenvalue weighted by atomic mass is 16.5. The second-order valence-corrected chi connectivity index (χ2v) is 5.33. The van der Waals surface area contributed by atoms with Gasteiger partial charge in [0.1, 0.15) is 0 Å². The van der Waals surface area contributed by atoms with E-state index in [0.29, 0.717) is 11.4 Å². The summed E-state index contributed by atoms with van der Waals surface area (Å²) in [5.41, 5.74) is 1.68. The van der Waals surface area contributed by atoms with Crippen LogP contribution < -0.4 is 4.74 Å². The van der Waals surface area contributed by atoms with E-state index >= 15 is 0 Å². The van der Waals surface area contributed by atoms with Gasteiger partial charge < -0.3 is 4.74 Å². The third kappa shape index (κ3) is 3.85. The Labute approximate surface area is 140 Å². The van der Waals surface area contributed by atoms with Crippen LogP contribution in [0.2, 0.25) is 0 Å². The first-order chi connectivity index (χ1) is 11.6. The predicted octanol–water partition coefficient (Wildman–Crippen LogP) is 3.25. The fraction of sp³-hybridized carbons (Fsp3) is 0.263. The molecule has 0 N–H and O–H groups in total. The van der Waals surface area contributed by atoms with Crippen molar-refractivity contribution >= 4 is 11.6 Å². The van der Waals surface area contributed by atoms with Crippen LogP contribution in [0, 0.1) is 17.2 Å². The molecule has 0 aliphatic heterocycles. The molecule has 0 amide bonds. The highest BCUT2D eigenvalue weighted by Gasteiger charge is 2.28. The molecule has 0 aliphatic carbocycles.